The van der Waals surface area contributed by atoms with E-state index in [1.165, 1.54) is 7.11 Å². The third-order valence-corrected chi connectivity index (χ3v) is 7.48. The van der Waals surface area contributed by atoms with Crippen molar-refractivity contribution in [3.8, 4) is 17.2 Å². The maximum atomic E-state index is 13.3. The molecule has 44 heavy (non-hydrogen) atoms. The van der Waals surface area contributed by atoms with Crippen molar-refractivity contribution < 1.29 is 19.1 Å². The van der Waals surface area contributed by atoms with Crippen molar-refractivity contribution in [2.24, 2.45) is 0 Å². The number of carbonyl (C=O) groups excluding carboxylic acids is 2. The molecular formula is C33H34N6O4S. The number of urea groups is 1. The largest absolute Gasteiger partial charge is 0.457 e. The highest BCUT2D eigenvalue weighted by Gasteiger charge is 2.15. The molecular weight excluding hydrogens is 576 g/mol. The average Bonchev–Trinajstić information content (AvgIpc) is 3.43. The fourth-order valence-electron chi connectivity index (χ4n) is 4.64. The van der Waals surface area contributed by atoms with Crippen LogP contribution in [-0.4, -0.2) is 46.7 Å². The topological polar surface area (TPSA) is 119 Å². The lowest BCUT2D eigenvalue weighted by atomic mass is 10.1. The van der Waals surface area contributed by atoms with Crippen molar-refractivity contribution >= 4 is 51.8 Å². The van der Waals surface area contributed by atoms with Crippen molar-refractivity contribution in [1.29, 1.82) is 0 Å². The van der Waals surface area contributed by atoms with E-state index in [1.54, 1.807) is 46.9 Å². The lowest BCUT2D eigenvalue weighted by Gasteiger charge is -2.14. The summed E-state index contributed by atoms with van der Waals surface area (Å²) >= 11 is 1.67. The standard InChI is InChI=1S/C33H34N6O4S/c1-4-5-8-22-19-31(39(38-22)23-11-13-25(44-3)14-12-23)37-33(41)35-28-15-16-29(27-10-7-6-9-26(27)28)43-24-17-18-34-30(20-24)36-32(40)21-42-2/h6-7,9-20H,4-5,8,21H2,1-3H3,(H,34,36,40)(H2,35,37,41). The van der Waals surface area contributed by atoms with Gasteiger partial charge in [0, 0.05) is 41.1 Å². The molecule has 0 aliphatic carbocycles. The lowest BCUT2D eigenvalue weighted by Crippen LogP contribution is -2.21. The van der Waals surface area contributed by atoms with Gasteiger partial charge in [0.15, 0.2) is 0 Å². The lowest BCUT2D eigenvalue weighted by molar-refractivity contribution is -0.119. The second kappa shape index (κ2) is 14.5. The number of rotatable bonds is 12. The zero-order valence-electron chi connectivity index (χ0n) is 24.8. The molecule has 0 saturated heterocycles. The highest BCUT2D eigenvalue weighted by molar-refractivity contribution is 7.98. The van der Waals surface area contributed by atoms with Crippen molar-refractivity contribution in [1.82, 2.24) is 14.8 Å². The van der Waals surface area contributed by atoms with Crippen molar-refractivity contribution in [2.45, 2.75) is 31.1 Å². The van der Waals surface area contributed by atoms with E-state index in [4.69, 9.17) is 14.6 Å². The molecule has 11 heteroatoms. The Hall–Kier alpha value is -4.87. The summed E-state index contributed by atoms with van der Waals surface area (Å²) in [6, 6.07) is 24.2. The molecule has 5 rings (SSSR count). The number of nitrogens with one attached hydrogen (secondary N) is 3. The van der Waals surface area contributed by atoms with E-state index in [0.717, 1.165) is 46.3 Å². The molecule has 3 amide bonds. The van der Waals surface area contributed by atoms with Gasteiger partial charge in [-0.25, -0.2) is 14.5 Å². The summed E-state index contributed by atoms with van der Waals surface area (Å²) in [4.78, 5) is 30.5. The molecule has 2 aromatic heterocycles. The van der Waals surface area contributed by atoms with Gasteiger partial charge in [0.2, 0.25) is 0 Å². The molecule has 0 unspecified atom stereocenters. The van der Waals surface area contributed by atoms with Gasteiger partial charge in [-0.05, 0) is 61.6 Å². The zero-order chi connectivity index (χ0) is 30.9. The predicted octanol–water partition coefficient (Wildman–Crippen LogP) is 7.51. The summed E-state index contributed by atoms with van der Waals surface area (Å²) < 4.78 is 12.8. The molecule has 3 aromatic carbocycles. The van der Waals surface area contributed by atoms with E-state index in [2.05, 4.69) is 27.9 Å². The fourth-order valence-corrected chi connectivity index (χ4v) is 5.05. The van der Waals surface area contributed by atoms with Gasteiger partial charge in [-0.2, -0.15) is 5.10 Å². The zero-order valence-corrected chi connectivity index (χ0v) is 25.6. The number of aromatic nitrogens is 3. The van der Waals surface area contributed by atoms with Crippen molar-refractivity contribution in [2.75, 3.05) is 35.9 Å². The summed E-state index contributed by atoms with van der Waals surface area (Å²) in [5, 5.41) is 15.0. The van der Waals surface area contributed by atoms with Gasteiger partial charge in [-0.3, -0.25) is 10.1 Å². The Morgan fingerprint density at radius 2 is 1.73 bits per heavy atom. The number of hydrogen-bond acceptors (Lipinski definition) is 7. The minimum absolute atomic E-state index is 0.0763. The van der Waals surface area contributed by atoms with Gasteiger partial charge in [-0.15, -0.1) is 11.8 Å². The minimum atomic E-state index is -0.390. The number of fused-ring (bicyclic) bond motifs is 1. The second-order valence-corrected chi connectivity index (χ2v) is 10.8. The van der Waals surface area contributed by atoms with Crippen LogP contribution in [0.3, 0.4) is 0 Å². The Morgan fingerprint density at radius 1 is 0.932 bits per heavy atom. The molecule has 0 saturated carbocycles. The Balaban J connectivity index is 1.36. The van der Waals surface area contributed by atoms with E-state index in [1.807, 2.05) is 60.9 Å². The number of ether oxygens (including phenoxy) is 2. The van der Waals surface area contributed by atoms with Crippen LogP contribution < -0.4 is 20.7 Å². The van der Waals surface area contributed by atoms with Gasteiger partial charge in [-0.1, -0.05) is 37.6 Å². The monoisotopic (exact) mass is 610 g/mol. The molecule has 5 aromatic rings. The summed E-state index contributed by atoms with van der Waals surface area (Å²) in [6.45, 7) is 2.07. The number of amides is 3. The quantitative estimate of drug-likeness (QED) is 0.125. The summed E-state index contributed by atoms with van der Waals surface area (Å²) in [5.41, 5.74) is 2.40. The Morgan fingerprint density at radius 3 is 2.48 bits per heavy atom. The third-order valence-electron chi connectivity index (χ3n) is 6.74. The SMILES string of the molecule is CCCCc1cc(NC(=O)Nc2ccc(Oc3ccnc(NC(=O)COC)c3)c3ccccc23)n(-c2ccc(SC)cc2)n1. The first kappa shape index (κ1) is 30.6. The molecule has 0 spiro atoms. The molecule has 0 radical (unpaired) electrons. The van der Waals surface area contributed by atoms with Gasteiger partial charge < -0.3 is 20.1 Å². The Bertz CT molecular complexity index is 1760. The van der Waals surface area contributed by atoms with E-state index in [-0.39, 0.29) is 12.5 Å². The molecule has 0 fully saturated rings. The highest BCUT2D eigenvalue weighted by Crippen LogP contribution is 2.35. The number of nitrogens with zero attached hydrogens (tertiary/aromatic N) is 3. The summed E-state index contributed by atoms with van der Waals surface area (Å²) in [7, 11) is 1.45. The first-order valence-electron chi connectivity index (χ1n) is 14.2. The number of unbranched alkanes of at least 4 members (excludes halogenated alkanes) is 1. The van der Waals surface area contributed by atoms with E-state index >= 15 is 0 Å². The van der Waals surface area contributed by atoms with E-state index in [9.17, 15) is 9.59 Å². The summed E-state index contributed by atoms with van der Waals surface area (Å²) in [6.07, 6.45) is 6.48. The number of benzene rings is 3. The fraction of sp³-hybridized carbons (Fsp3) is 0.212. The number of thioether (sulfide) groups is 1. The normalized spacial score (nSPS) is 10.9. The summed E-state index contributed by atoms with van der Waals surface area (Å²) in [5.74, 6) is 1.69. The molecule has 0 aliphatic heterocycles. The number of aryl methyl sites for hydroxylation is 1. The Labute approximate surface area is 260 Å². The van der Waals surface area contributed by atoms with Crippen LogP contribution in [0.1, 0.15) is 25.5 Å². The minimum Gasteiger partial charge on any atom is -0.457 e. The first-order chi connectivity index (χ1) is 21.5. The van der Waals surface area contributed by atoms with Crippen LogP contribution in [0.5, 0.6) is 11.5 Å². The average molecular weight is 611 g/mol. The third kappa shape index (κ3) is 7.55. The van der Waals surface area contributed by atoms with Gasteiger partial charge in [0.1, 0.15) is 29.7 Å². The van der Waals surface area contributed by atoms with Crippen molar-refractivity contribution in [3.63, 3.8) is 0 Å². The van der Waals surface area contributed by atoms with Crippen molar-refractivity contribution in [3.05, 3.63) is 90.8 Å². The van der Waals surface area contributed by atoms with E-state index in [0.29, 0.717) is 28.8 Å². The molecule has 0 atom stereocenters. The molecule has 3 N–H and O–H groups in total. The maximum Gasteiger partial charge on any atom is 0.324 e. The van der Waals surface area contributed by atoms with Crippen LogP contribution in [0.2, 0.25) is 0 Å². The maximum absolute atomic E-state index is 13.3. The van der Waals surface area contributed by atoms with Crippen LogP contribution in [0.25, 0.3) is 16.5 Å². The van der Waals surface area contributed by atoms with Crippen LogP contribution in [0.15, 0.2) is 90.0 Å². The van der Waals surface area contributed by atoms with E-state index < -0.39 is 6.03 Å². The predicted molar refractivity (Wildman–Crippen MR) is 175 cm³/mol. The van der Waals surface area contributed by atoms with Gasteiger partial charge in [0.25, 0.3) is 5.91 Å². The number of anilines is 3. The Kier molecular flexibility index (Phi) is 10.1. The van der Waals surface area contributed by atoms with Gasteiger partial charge in [0.05, 0.1) is 17.1 Å². The molecule has 0 bridgehead atoms. The van der Waals surface area contributed by atoms with Crippen LogP contribution in [0.4, 0.5) is 22.1 Å². The molecule has 10 nitrogen and oxygen atoms in total. The van der Waals surface area contributed by atoms with Crippen LogP contribution in [0, 0.1) is 0 Å². The highest BCUT2D eigenvalue weighted by atomic mass is 32.2. The number of hydrogen-bond donors (Lipinski definition) is 3. The smallest absolute Gasteiger partial charge is 0.324 e. The van der Waals surface area contributed by atoms with Crippen LogP contribution >= 0.6 is 11.8 Å². The number of carbonyl (C=O) groups is 2. The second-order valence-electron chi connectivity index (χ2n) is 9.93. The van der Waals surface area contributed by atoms with Crippen LogP contribution in [-0.2, 0) is 16.0 Å². The number of pyridine rings is 1. The molecule has 2 heterocycles. The molecule has 0 aliphatic rings. The van der Waals surface area contributed by atoms with Gasteiger partial charge >= 0.3 is 6.03 Å². The molecule has 226 valence electrons. The first-order valence-corrected chi connectivity index (χ1v) is 15.5. The number of methoxy groups -OCH3 is 1.